The first-order valence-electron chi connectivity index (χ1n) is 3.00. The molecule has 1 aromatic carbocycles. The molecule has 0 aliphatic rings. The molecule has 1 N–H and O–H groups in total. The fourth-order valence-electron chi connectivity index (χ4n) is 0.734. The topological polar surface area (TPSA) is 58.5 Å². The van der Waals surface area contributed by atoms with Gasteiger partial charge in [0.25, 0.3) is 0 Å². The molecule has 4 heteroatoms. The lowest BCUT2D eigenvalue weighted by atomic mass is 10.2. The van der Waals surface area contributed by atoms with Gasteiger partial charge in [-0.3, -0.25) is 4.79 Å². The molecule has 1 aromatic rings. The van der Waals surface area contributed by atoms with Gasteiger partial charge in [0.2, 0.25) is 0 Å². The summed E-state index contributed by atoms with van der Waals surface area (Å²) in [7, 11) is 0. The lowest BCUT2D eigenvalue weighted by Gasteiger charge is -1.95. The number of nitrogens with zero attached hydrogens (tertiary/aromatic N) is 1. The van der Waals surface area contributed by atoms with Crippen LogP contribution in [0.25, 0.3) is 0 Å². The predicted octanol–water partition coefficient (Wildman–Crippen LogP) is 1.59. The number of anilines is 1. The molecule has 0 saturated heterocycles. The van der Waals surface area contributed by atoms with Crippen LogP contribution in [0.15, 0.2) is 29.6 Å². The Morgan fingerprint density at radius 3 is 2.91 bits per heavy atom. The standard InChI is InChI=1S/C7H6N2O2/c10-5-6-2-1-3-7(4-6)8-9-11/h1-5H,(H,8,11). The number of carbonyl (C=O) groups is 1. The van der Waals surface area contributed by atoms with Gasteiger partial charge in [0, 0.05) is 5.56 Å². The van der Waals surface area contributed by atoms with E-state index in [1.165, 1.54) is 6.07 Å². The number of hydrogen-bond donors (Lipinski definition) is 1. The summed E-state index contributed by atoms with van der Waals surface area (Å²) in [4.78, 5) is 20.0. The van der Waals surface area contributed by atoms with Crippen LogP contribution in [0.3, 0.4) is 0 Å². The van der Waals surface area contributed by atoms with E-state index in [2.05, 4.69) is 10.7 Å². The van der Waals surface area contributed by atoms with Crippen LogP contribution in [0.4, 0.5) is 5.69 Å². The Bertz CT molecular complexity index is 273. The van der Waals surface area contributed by atoms with Gasteiger partial charge >= 0.3 is 0 Å². The van der Waals surface area contributed by atoms with Crippen LogP contribution in [0, 0.1) is 4.91 Å². The van der Waals surface area contributed by atoms with E-state index in [-0.39, 0.29) is 0 Å². The predicted molar refractivity (Wildman–Crippen MR) is 41.2 cm³/mol. The number of benzene rings is 1. The number of nitrogens with one attached hydrogen (secondary N) is 1. The minimum Gasteiger partial charge on any atom is -0.298 e. The van der Waals surface area contributed by atoms with Gasteiger partial charge in [0.15, 0.2) is 0 Å². The van der Waals surface area contributed by atoms with Crippen LogP contribution in [0.1, 0.15) is 10.4 Å². The Kier molecular flexibility index (Phi) is 2.32. The molecule has 0 unspecified atom stereocenters. The molecule has 0 atom stereocenters. The van der Waals surface area contributed by atoms with E-state index in [4.69, 9.17) is 0 Å². The van der Waals surface area contributed by atoms with Crippen molar-refractivity contribution in [1.29, 1.82) is 0 Å². The third-order valence-corrected chi connectivity index (χ3v) is 1.20. The average molecular weight is 150 g/mol. The molecule has 0 aliphatic carbocycles. The molecule has 0 fully saturated rings. The van der Waals surface area contributed by atoms with Gasteiger partial charge in [-0.1, -0.05) is 12.1 Å². The SMILES string of the molecule is O=Cc1cccc(NN=O)c1. The monoisotopic (exact) mass is 150 g/mol. The average Bonchev–Trinajstić information content (AvgIpc) is 2.06. The van der Waals surface area contributed by atoms with Gasteiger partial charge in [-0.25, -0.2) is 5.43 Å². The van der Waals surface area contributed by atoms with Gasteiger partial charge in [-0.2, -0.15) is 0 Å². The number of carbonyl (C=O) groups excluding carboxylic acids is 1. The Morgan fingerprint density at radius 1 is 1.45 bits per heavy atom. The van der Waals surface area contributed by atoms with Crippen LogP contribution in [0.2, 0.25) is 0 Å². The van der Waals surface area contributed by atoms with Gasteiger partial charge in [0.1, 0.15) is 6.29 Å². The van der Waals surface area contributed by atoms with Crippen molar-refractivity contribution >= 4 is 12.0 Å². The normalized spacial score (nSPS) is 8.73. The minimum atomic E-state index is 0.513. The third kappa shape index (κ3) is 1.86. The number of rotatable bonds is 3. The smallest absolute Gasteiger partial charge is 0.150 e. The molecule has 4 nitrogen and oxygen atoms in total. The fraction of sp³-hybridized carbons (Fsp3) is 0. The second kappa shape index (κ2) is 3.46. The van der Waals surface area contributed by atoms with Gasteiger partial charge in [0.05, 0.1) is 11.0 Å². The Labute approximate surface area is 63.2 Å². The zero-order valence-electron chi connectivity index (χ0n) is 5.65. The van der Waals surface area contributed by atoms with Crippen molar-refractivity contribution in [2.75, 3.05) is 5.43 Å². The molecule has 0 spiro atoms. The van der Waals surface area contributed by atoms with E-state index in [0.29, 0.717) is 17.5 Å². The van der Waals surface area contributed by atoms with Crippen LogP contribution >= 0.6 is 0 Å². The fourth-order valence-corrected chi connectivity index (χ4v) is 0.734. The Hall–Kier alpha value is -1.71. The Balaban J connectivity index is 2.90. The van der Waals surface area contributed by atoms with Crippen LogP contribution in [-0.4, -0.2) is 6.29 Å². The summed E-state index contributed by atoms with van der Waals surface area (Å²) in [5.41, 5.74) is 3.22. The summed E-state index contributed by atoms with van der Waals surface area (Å²) in [6.07, 6.45) is 0.704. The summed E-state index contributed by atoms with van der Waals surface area (Å²) >= 11 is 0. The van der Waals surface area contributed by atoms with Crippen LogP contribution in [0.5, 0.6) is 0 Å². The largest absolute Gasteiger partial charge is 0.298 e. The summed E-state index contributed by atoms with van der Waals surface area (Å²) in [6.45, 7) is 0. The molecular weight excluding hydrogens is 144 g/mol. The molecule has 0 heterocycles. The second-order valence-electron chi connectivity index (χ2n) is 1.95. The van der Waals surface area contributed by atoms with E-state index in [1.54, 1.807) is 18.2 Å². The van der Waals surface area contributed by atoms with Crippen LogP contribution < -0.4 is 5.43 Å². The van der Waals surface area contributed by atoms with E-state index < -0.39 is 0 Å². The van der Waals surface area contributed by atoms with Crippen LogP contribution in [-0.2, 0) is 0 Å². The lowest BCUT2D eigenvalue weighted by Crippen LogP contribution is -1.87. The molecule has 0 aliphatic heterocycles. The maximum Gasteiger partial charge on any atom is 0.150 e. The quantitative estimate of drug-likeness (QED) is 0.404. The second-order valence-corrected chi connectivity index (χ2v) is 1.95. The molecule has 0 bridgehead atoms. The van der Waals surface area contributed by atoms with Gasteiger partial charge < -0.3 is 0 Å². The van der Waals surface area contributed by atoms with Gasteiger partial charge in [-0.15, -0.1) is 4.91 Å². The molecule has 0 aromatic heterocycles. The highest BCUT2D eigenvalue weighted by molar-refractivity contribution is 5.76. The van der Waals surface area contributed by atoms with Crippen molar-refractivity contribution in [3.8, 4) is 0 Å². The van der Waals surface area contributed by atoms with Crippen molar-refractivity contribution in [3.63, 3.8) is 0 Å². The highest BCUT2D eigenvalue weighted by atomic mass is 16.3. The summed E-state index contributed by atoms with van der Waals surface area (Å²) in [5.74, 6) is 0. The molecular formula is C7H6N2O2. The highest BCUT2D eigenvalue weighted by Gasteiger charge is 1.91. The van der Waals surface area contributed by atoms with Gasteiger partial charge in [-0.05, 0) is 12.1 Å². The van der Waals surface area contributed by atoms with Crippen molar-refractivity contribution in [3.05, 3.63) is 34.7 Å². The third-order valence-electron chi connectivity index (χ3n) is 1.20. The van der Waals surface area contributed by atoms with E-state index in [9.17, 15) is 9.70 Å². The van der Waals surface area contributed by atoms with Crippen molar-refractivity contribution < 1.29 is 4.79 Å². The highest BCUT2D eigenvalue weighted by Crippen LogP contribution is 2.08. The van der Waals surface area contributed by atoms with E-state index in [1.807, 2.05) is 0 Å². The Morgan fingerprint density at radius 2 is 2.27 bits per heavy atom. The summed E-state index contributed by atoms with van der Waals surface area (Å²) in [6, 6.07) is 6.49. The van der Waals surface area contributed by atoms with E-state index in [0.717, 1.165) is 0 Å². The zero-order chi connectivity index (χ0) is 8.10. The van der Waals surface area contributed by atoms with Crippen molar-refractivity contribution in [1.82, 2.24) is 0 Å². The molecule has 0 amide bonds. The number of aldehydes is 1. The molecule has 0 radical (unpaired) electrons. The summed E-state index contributed by atoms with van der Waals surface area (Å²) < 4.78 is 0. The first kappa shape index (κ1) is 7.40. The van der Waals surface area contributed by atoms with Crippen molar-refractivity contribution in [2.45, 2.75) is 0 Å². The first-order chi connectivity index (χ1) is 5.36. The first-order valence-corrected chi connectivity index (χ1v) is 3.00. The number of nitroso groups, excluding NO2 is 1. The lowest BCUT2D eigenvalue weighted by molar-refractivity contribution is 0.112. The minimum absolute atomic E-state index is 0.513. The molecule has 0 saturated carbocycles. The maximum atomic E-state index is 10.2. The number of hydrogen-bond acceptors (Lipinski definition) is 3. The molecule has 1 rings (SSSR count). The van der Waals surface area contributed by atoms with Crippen molar-refractivity contribution in [2.24, 2.45) is 5.29 Å². The maximum absolute atomic E-state index is 10.2. The zero-order valence-corrected chi connectivity index (χ0v) is 5.65. The molecule has 56 valence electrons. The molecule has 11 heavy (non-hydrogen) atoms. The summed E-state index contributed by atoms with van der Waals surface area (Å²) in [5, 5.41) is 2.47. The van der Waals surface area contributed by atoms with E-state index >= 15 is 0 Å².